The first-order chi connectivity index (χ1) is 18.0. The van der Waals surface area contributed by atoms with Gasteiger partial charge in [-0.2, -0.15) is 0 Å². The average molecular weight is 518 g/mol. The van der Waals surface area contributed by atoms with E-state index in [1.54, 1.807) is 56.1 Å². The van der Waals surface area contributed by atoms with Crippen LogP contribution in [0.15, 0.2) is 73.1 Å². The van der Waals surface area contributed by atoms with Gasteiger partial charge in [0, 0.05) is 53.4 Å². The van der Waals surface area contributed by atoms with E-state index in [0.717, 1.165) is 32.2 Å². The first-order valence-electron chi connectivity index (χ1n) is 11.4. The van der Waals surface area contributed by atoms with Gasteiger partial charge in [0.1, 0.15) is 29.7 Å². The number of anilines is 2. The van der Waals surface area contributed by atoms with E-state index in [-0.39, 0.29) is 0 Å². The molecule has 0 bridgehead atoms. The summed E-state index contributed by atoms with van der Waals surface area (Å²) in [5.41, 5.74) is 2.48. The molecular formula is C28H24FN3O4S. The number of methoxy groups -OCH3 is 2. The average Bonchev–Trinajstić information content (AvgIpc) is 3.32. The van der Waals surface area contributed by atoms with Crippen molar-refractivity contribution in [3.05, 3.63) is 88.8 Å². The minimum absolute atomic E-state index is 0.317. The molecule has 5 rings (SSSR count). The summed E-state index contributed by atoms with van der Waals surface area (Å²) in [6.45, 7) is 2.24. The number of fused-ring (bicyclic) bond motifs is 1. The summed E-state index contributed by atoms with van der Waals surface area (Å²) in [4.78, 5) is 9.60. The van der Waals surface area contributed by atoms with Crippen LogP contribution in [0.5, 0.6) is 28.7 Å². The molecule has 0 spiro atoms. The maximum Gasteiger partial charge on any atom is 0.162 e. The zero-order valence-corrected chi connectivity index (χ0v) is 21.3. The monoisotopic (exact) mass is 517 g/mol. The van der Waals surface area contributed by atoms with Crippen LogP contribution in [0.4, 0.5) is 15.8 Å². The topological polar surface area (TPSA) is 74.7 Å². The number of benzene rings is 3. The maximum atomic E-state index is 14.2. The highest BCUT2D eigenvalue weighted by molar-refractivity contribution is 7.11. The lowest BCUT2D eigenvalue weighted by Crippen LogP contribution is -1.96. The number of halogens is 1. The van der Waals surface area contributed by atoms with Gasteiger partial charge in [0.15, 0.2) is 11.5 Å². The molecule has 0 saturated heterocycles. The fourth-order valence-corrected chi connectivity index (χ4v) is 4.49. The molecule has 9 heteroatoms. The summed E-state index contributed by atoms with van der Waals surface area (Å²) in [5.74, 6) is 2.09. The normalized spacial score (nSPS) is 10.8. The summed E-state index contributed by atoms with van der Waals surface area (Å²) in [7, 11) is 3.19. The number of aryl methyl sites for hydroxylation is 1. The molecule has 0 saturated carbocycles. The van der Waals surface area contributed by atoms with Crippen LogP contribution in [0, 0.1) is 12.7 Å². The van der Waals surface area contributed by atoms with Crippen LogP contribution in [0.25, 0.3) is 10.9 Å². The number of hydrogen-bond donors (Lipinski definition) is 1. The summed E-state index contributed by atoms with van der Waals surface area (Å²) in [6, 6.07) is 17.3. The van der Waals surface area contributed by atoms with E-state index < -0.39 is 5.82 Å². The van der Waals surface area contributed by atoms with Gasteiger partial charge in [-0.25, -0.2) is 9.37 Å². The molecule has 3 aromatic carbocycles. The number of rotatable bonds is 9. The molecule has 5 aromatic rings. The number of nitrogens with one attached hydrogen (secondary N) is 1. The summed E-state index contributed by atoms with van der Waals surface area (Å²) >= 11 is 1.54. The predicted octanol–water partition coefficient (Wildman–Crippen LogP) is 7.27. The van der Waals surface area contributed by atoms with Gasteiger partial charge in [-0.1, -0.05) is 0 Å². The molecule has 2 aromatic heterocycles. The molecule has 0 unspecified atom stereocenters. The Labute approximate surface area is 217 Å². The first kappa shape index (κ1) is 24.3. The highest BCUT2D eigenvalue weighted by atomic mass is 32.1. The molecular weight excluding hydrogens is 493 g/mol. The van der Waals surface area contributed by atoms with Crippen LogP contribution in [0.3, 0.4) is 0 Å². The van der Waals surface area contributed by atoms with Gasteiger partial charge in [0.05, 0.1) is 29.6 Å². The van der Waals surface area contributed by atoms with Crippen LogP contribution in [-0.2, 0) is 6.61 Å². The van der Waals surface area contributed by atoms with Crippen molar-refractivity contribution in [3.8, 4) is 28.7 Å². The lowest BCUT2D eigenvalue weighted by atomic mass is 10.1. The zero-order chi connectivity index (χ0) is 25.8. The SMILES string of the molecule is COc1cc2nccc(Nc3ccc(Oc4cc(F)cc(OCc5cnc(C)s5)c4)cc3)c2cc1OC. The second-order valence-corrected chi connectivity index (χ2v) is 9.41. The summed E-state index contributed by atoms with van der Waals surface area (Å²) < 4.78 is 36.6. The van der Waals surface area contributed by atoms with E-state index in [9.17, 15) is 4.39 Å². The van der Waals surface area contributed by atoms with Crippen molar-refractivity contribution in [3.63, 3.8) is 0 Å². The Bertz CT molecular complexity index is 1540. The van der Waals surface area contributed by atoms with Crippen LogP contribution >= 0.6 is 11.3 Å². The van der Waals surface area contributed by atoms with Gasteiger partial charge in [-0.05, 0) is 43.3 Å². The van der Waals surface area contributed by atoms with E-state index in [2.05, 4.69) is 15.3 Å². The Morgan fingerprint density at radius 3 is 2.35 bits per heavy atom. The van der Waals surface area contributed by atoms with Crippen molar-refractivity contribution in [1.82, 2.24) is 9.97 Å². The molecule has 0 atom stereocenters. The minimum Gasteiger partial charge on any atom is -0.493 e. The Hall–Kier alpha value is -4.37. The molecule has 0 amide bonds. The quantitative estimate of drug-likeness (QED) is 0.220. The van der Waals surface area contributed by atoms with Gasteiger partial charge < -0.3 is 24.3 Å². The van der Waals surface area contributed by atoms with E-state index in [4.69, 9.17) is 18.9 Å². The maximum absolute atomic E-state index is 14.2. The fraction of sp³-hybridized carbons (Fsp3) is 0.143. The van der Waals surface area contributed by atoms with Gasteiger partial charge in [0.25, 0.3) is 0 Å². The second-order valence-electron chi connectivity index (χ2n) is 8.09. The van der Waals surface area contributed by atoms with Crippen LogP contribution in [-0.4, -0.2) is 24.2 Å². The molecule has 0 radical (unpaired) electrons. The highest BCUT2D eigenvalue weighted by Gasteiger charge is 2.11. The van der Waals surface area contributed by atoms with Gasteiger partial charge in [-0.15, -0.1) is 11.3 Å². The highest BCUT2D eigenvalue weighted by Crippen LogP contribution is 2.36. The van der Waals surface area contributed by atoms with E-state index >= 15 is 0 Å². The van der Waals surface area contributed by atoms with Gasteiger partial charge >= 0.3 is 0 Å². The molecule has 37 heavy (non-hydrogen) atoms. The van der Waals surface area contributed by atoms with Crippen LogP contribution in [0.1, 0.15) is 9.88 Å². The van der Waals surface area contributed by atoms with Crippen molar-refractivity contribution in [2.75, 3.05) is 19.5 Å². The molecule has 1 N–H and O–H groups in total. The molecule has 7 nitrogen and oxygen atoms in total. The molecule has 0 aliphatic heterocycles. The molecule has 188 valence electrons. The predicted molar refractivity (Wildman–Crippen MR) is 142 cm³/mol. The van der Waals surface area contributed by atoms with E-state index in [0.29, 0.717) is 35.4 Å². The molecule has 2 heterocycles. The third kappa shape index (κ3) is 5.73. The minimum atomic E-state index is -0.442. The smallest absolute Gasteiger partial charge is 0.162 e. The zero-order valence-electron chi connectivity index (χ0n) is 20.4. The summed E-state index contributed by atoms with van der Waals surface area (Å²) in [6.07, 6.45) is 3.49. The third-order valence-corrected chi connectivity index (χ3v) is 6.40. The standard InChI is InChI=1S/C28H24FN3O4S/c1-17-31-15-23(37-17)16-35-21-10-18(29)11-22(12-21)36-20-6-4-19(5-7-20)32-25-8-9-30-26-14-28(34-3)27(33-2)13-24(25)26/h4-15H,16H2,1-3H3,(H,30,32). The number of hydrogen-bond acceptors (Lipinski definition) is 8. The van der Waals surface area contributed by atoms with Gasteiger partial charge in [-0.3, -0.25) is 4.98 Å². The lowest BCUT2D eigenvalue weighted by Gasteiger charge is -2.13. The number of ether oxygens (including phenoxy) is 4. The summed E-state index contributed by atoms with van der Waals surface area (Å²) in [5, 5.41) is 5.25. The number of thiazole rings is 1. The molecule has 0 fully saturated rings. The van der Waals surface area contributed by atoms with Crippen molar-refractivity contribution in [2.45, 2.75) is 13.5 Å². The van der Waals surface area contributed by atoms with Crippen molar-refractivity contribution in [2.24, 2.45) is 0 Å². The Morgan fingerprint density at radius 1 is 0.865 bits per heavy atom. The number of aromatic nitrogens is 2. The van der Waals surface area contributed by atoms with E-state index in [1.165, 1.54) is 12.1 Å². The Kier molecular flexibility index (Phi) is 7.04. The molecule has 0 aliphatic carbocycles. The van der Waals surface area contributed by atoms with Crippen LogP contribution < -0.4 is 24.3 Å². The first-order valence-corrected chi connectivity index (χ1v) is 12.2. The largest absolute Gasteiger partial charge is 0.493 e. The fourth-order valence-electron chi connectivity index (χ4n) is 3.79. The lowest BCUT2D eigenvalue weighted by molar-refractivity contribution is 0.306. The second kappa shape index (κ2) is 10.7. The van der Waals surface area contributed by atoms with Crippen molar-refractivity contribution >= 4 is 33.6 Å². The Balaban J connectivity index is 1.29. The van der Waals surface area contributed by atoms with E-state index in [1.807, 2.05) is 37.3 Å². The van der Waals surface area contributed by atoms with Crippen molar-refractivity contribution in [1.29, 1.82) is 0 Å². The number of pyridine rings is 1. The van der Waals surface area contributed by atoms with Crippen LogP contribution in [0.2, 0.25) is 0 Å². The Morgan fingerprint density at radius 2 is 1.62 bits per heavy atom. The number of nitrogens with zero attached hydrogens (tertiary/aromatic N) is 2. The van der Waals surface area contributed by atoms with Gasteiger partial charge in [0.2, 0.25) is 0 Å². The third-order valence-electron chi connectivity index (χ3n) is 5.51. The molecule has 0 aliphatic rings. The van der Waals surface area contributed by atoms with Crippen molar-refractivity contribution < 1.29 is 23.3 Å².